The first-order valence-electron chi connectivity index (χ1n) is 9.59. The maximum atomic E-state index is 14.6. The van der Waals surface area contributed by atoms with E-state index in [0.29, 0.717) is 5.56 Å². The van der Waals surface area contributed by atoms with Crippen LogP contribution in [0, 0.1) is 17.5 Å². The Balaban J connectivity index is 1.92. The molecule has 3 rings (SSSR count). The molecule has 0 amide bonds. The maximum Gasteiger partial charge on any atom is 0.422 e. The smallest absolute Gasteiger partial charge is 0.422 e. The number of hydrogen-bond donors (Lipinski definition) is 0. The van der Waals surface area contributed by atoms with Gasteiger partial charge in [-0.25, -0.2) is 13.2 Å². The highest BCUT2D eigenvalue weighted by Gasteiger charge is 2.30. The topological polar surface area (TPSA) is 9.23 Å². The molecule has 0 saturated heterocycles. The van der Waals surface area contributed by atoms with Crippen LogP contribution in [0.15, 0.2) is 42.5 Å². The van der Waals surface area contributed by atoms with Gasteiger partial charge < -0.3 is 4.74 Å². The van der Waals surface area contributed by atoms with Crippen LogP contribution in [0.25, 0.3) is 21.9 Å². The second-order valence-electron chi connectivity index (χ2n) is 7.11. The van der Waals surface area contributed by atoms with Gasteiger partial charge in [-0.2, -0.15) is 13.2 Å². The van der Waals surface area contributed by atoms with Gasteiger partial charge in [-0.15, -0.1) is 0 Å². The molecule has 0 aliphatic heterocycles. The summed E-state index contributed by atoms with van der Waals surface area (Å²) in [5.41, 5.74) is 1.55. The molecule has 0 N–H and O–H groups in total. The molecular weight excluding hydrogens is 406 g/mol. The highest BCUT2D eigenvalue weighted by molar-refractivity contribution is 5.89. The highest BCUT2D eigenvalue weighted by Crippen LogP contribution is 2.34. The molecule has 7 heteroatoms. The minimum Gasteiger partial charge on any atom is -0.478 e. The molecule has 0 unspecified atom stereocenters. The van der Waals surface area contributed by atoms with Crippen molar-refractivity contribution < 1.29 is 31.1 Å². The summed E-state index contributed by atoms with van der Waals surface area (Å²) in [5.74, 6) is -4.02. The molecule has 160 valence electrons. The Kier molecular flexibility index (Phi) is 6.58. The van der Waals surface area contributed by atoms with E-state index >= 15 is 0 Å². The standard InChI is InChI=1S/C23H20F6O/c1-2-3-4-5-14-6-8-17(19(24)10-14)15-7-9-18-16(11-15)12-20(25)22(21(18)26)30-13-23(27,28)29/h6-12H,2-5,13H2,1H3. The van der Waals surface area contributed by atoms with Gasteiger partial charge in [-0.05, 0) is 47.6 Å². The minimum atomic E-state index is -4.72. The van der Waals surface area contributed by atoms with Crippen molar-refractivity contribution in [2.75, 3.05) is 6.61 Å². The van der Waals surface area contributed by atoms with Crippen LogP contribution in [0.3, 0.4) is 0 Å². The number of halogens is 6. The van der Waals surface area contributed by atoms with Crippen LogP contribution >= 0.6 is 0 Å². The van der Waals surface area contributed by atoms with E-state index in [2.05, 4.69) is 11.7 Å². The molecule has 30 heavy (non-hydrogen) atoms. The molecule has 0 fully saturated rings. The van der Waals surface area contributed by atoms with Crippen LogP contribution in [-0.4, -0.2) is 12.8 Å². The Morgan fingerprint density at radius 3 is 2.30 bits per heavy atom. The van der Waals surface area contributed by atoms with E-state index in [4.69, 9.17) is 0 Å². The Bertz CT molecular complexity index is 1040. The normalized spacial score (nSPS) is 11.8. The van der Waals surface area contributed by atoms with E-state index in [0.717, 1.165) is 37.3 Å². The fraction of sp³-hybridized carbons (Fsp3) is 0.304. The van der Waals surface area contributed by atoms with E-state index in [1.165, 1.54) is 24.3 Å². The number of unbranched alkanes of at least 4 members (excludes halogenated alkanes) is 2. The summed E-state index contributed by atoms with van der Waals surface area (Å²) >= 11 is 0. The van der Waals surface area contributed by atoms with Gasteiger partial charge in [0.2, 0.25) is 0 Å². The molecule has 0 radical (unpaired) electrons. The molecule has 0 bridgehead atoms. The van der Waals surface area contributed by atoms with E-state index in [9.17, 15) is 26.3 Å². The number of rotatable bonds is 7. The third kappa shape index (κ3) is 5.07. The predicted molar refractivity (Wildman–Crippen MR) is 104 cm³/mol. The minimum absolute atomic E-state index is 0.0910. The number of hydrogen-bond acceptors (Lipinski definition) is 1. The fourth-order valence-corrected chi connectivity index (χ4v) is 3.29. The van der Waals surface area contributed by atoms with Gasteiger partial charge >= 0.3 is 6.18 Å². The molecule has 0 atom stereocenters. The van der Waals surface area contributed by atoms with Gasteiger partial charge in [-0.3, -0.25) is 0 Å². The van der Waals surface area contributed by atoms with Crippen molar-refractivity contribution in [1.82, 2.24) is 0 Å². The van der Waals surface area contributed by atoms with Crippen molar-refractivity contribution in [3.63, 3.8) is 0 Å². The fourth-order valence-electron chi connectivity index (χ4n) is 3.29. The molecular formula is C23H20F6O. The Hall–Kier alpha value is -2.70. The van der Waals surface area contributed by atoms with Crippen molar-refractivity contribution in [2.45, 2.75) is 38.8 Å². The first kappa shape index (κ1) is 22.0. The number of ether oxygens (including phenoxy) is 1. The first-order valence-corrected chi connectivity index (χ1v) is 9.59. The first-order chi connectivity index (χ1) is 14.2. The molecule has 0 heterocycles. The average molecular weight is 426 g/mol. The van der Waals surface area contributed by atoms with Crippen LogP contribution in [0.5, 0.6) is 5.75 Å². The average Bonchev–Trinajstić information content (AvgIpc) is 2.67. The summed E-state index contributed by atoms with van der Waals surface area (Å²) in [4.78, 5) is 0. The van der Waals surface area contributed by atoms with Gasteiger partial charge in [0.25, 0.3) is 0 Å². The number of benzene rings is 3. The van der Waals surface area contributed by atoms with Crippen LogP contribution in [-0.2, 0) is 6.42 Å². The van der Waals surface area contributed by atoms with Gasteiger partial charge in [0.05, 0.1) is 0 Å². The lowest BCUT2D eigenvalue weighted by Gasteiger charge is -2.13. The van der Waals surface area contributed by atoms with Crippen molar-refractivity contribution in [1.29, 1.82) is 0 Å². The summed E-state index contributed by atoms with van der Waals surface area (Å²) in [6.07, 6.45) is -0.881. The number of fused-ring (bicyclic) bond motifs is 1. The summed E-state index contributed by atoms with van der Waals surface area (Å²) in [5, 5.41) is -0.0257. The zero-order valence-electron chi connectivity index (χ0n) is 16.3. The van der Waals surface area contributed by atoms with Crippen molar-refractivity contribution in [3.05, 3.63) is 65.5 Å². The summed E-state index contributed by atoms with van der Waals surface area (Å²) in [6, 6.07) is 9.86. The zero-order valence-corrected chi connectivity index (χ0v) is 16.3. The molecule has 0 aromatic heterocycles. The molecule has 3 aromatic carbocycles. The van der Waals surface area contributed by atoms with Gasteiger partial charge in [0, 0.05) is 10.9 Å². The van der Waals surface area contributed by atoms with Gasteiger partial charge in [0.15, 0.2) is 24.0 Å². The van der Waals surface area contributed by atoms with Gasteiger partial charge in [-0.1, -0.05) is 44.0 Å². The zero-order chi connectivity index (χ0) is 21.9. The predicted octanol–water partition coefficient (Wildman–Crippen LogP) is 7.60. The third-order valence-corrected chi connectivity index (χ3v) is 4.78. The van der Waals surface area contributed by atoms with Crippen molar-refractivity contribution >= 4 is 10.8 Å². The maximum absolute atomic E-state index is 14.6. The van der Waals surface area contributed by atoms with Gasteiger partial charge in [0.1, 0.15) is 5.82 Å². The molecule has 3 aromatic rings. The van der Waals surface area contributed by atoms with Crippen LogP contribution < -0.4 is 4.74 Å². The molecule has 0 spiro atoms. The highest BCUT2D eigenvalue weighted by atomic mass is 19.4. The SMILES string of the molecule is CCCCCc1ccc(-c2ccc3c(F)c(OCC(F)(F)F)c(F)cc3c2)c(F)c1. The largest absolute Gasteiger partial charge is 0.478 e. The number of aryl methyl sites for hydroxylation is 1. The molecule has 0 aliphatic rings. The summed E-state index contributed by atoms with van der Waals surface area (Å²) < 4.78 is 84.5. The Morgan fingerprint density at radius 2 is 1.63 bits per heavy atom. The van der Waals surface area contributed by atoms with Crippen LogP contribution in [0.4, 0.5) is 26.3 Å². The lowest BCUT2D eigenvalue weighted by atomic mass is 9.98. The van der Waals surface area contributed by atoms with Crippen LogP contribution in [0.1, 0.15) is 31.7 Å². The Morgan fingerprint density at radius 1 is 0.867 bits per heavy atom. The quantitative estimate of drug-likeness (QED) is 0.279. The monoisotopic (exact) mass is 426 g/mol. The van der Waals surface area contributed by atoms with Crippen molar-refractivity contribution in [3.8, 4) is 16.9 Å². The number of alkyl halides is 3. The Labute approximate surface area is 170 Å². The lowest BCUT2D eigenvalue weighted by molar-refractivity contribution is -0.154. The van der Waals surface area contributed by atoms with Crippen LogP contribution in [0.2, 0.25) is 0 Å². The summed E-state index contributed by atoms with van der Waals surface area (Å²) in [7, 11) is 0. The third-order valence-electron chi connectivity index (χ3n) is 4.78. The molecule has 1 nitrogen and oxygen atoms in total. The second-order valence-corrected chi connectivity index (χ2v) is 7.11. The van der Waals surface area contributed by atoms with E-state index in [-0.39, 0.29) is 16.3 Å². The van der Waals surface area contributed by atoms with Crippen molar-refractivity contribution in [2.24, 2.45) is 0 Å². The second kappa shape index (κ2) is 8.98. The summed E-state index contributed by atoms with van der Waals surface area (Å²) in [6.45, 7) is 0.278. The van der Waals surface area contributed by atoms with E-state index in [1.807, 2.05) is 6.07 Å². The van der Waals surface area contributed by atoms with E-state index < -0.39 is 36.0 Å². The lowest BCUT2D eigenvalue weighted by Crippen LogP contribution is -2.20. The van der Waals surface area contributed by atoms with E-state index in [1.54, 1.807) is 6.07 Å². The molecule has 0 saturated carbocycles. The molecule has 0 aliphatic carbocycles.